The standard InChI is InChI=1S/C16H20O4S.C13H14O4S/c1-9(2)19-14-12-7-11(8-17)5-6-13(12)21-15(14)16(18)20-10(3)4;1-7(2)17-11-9-5-8(6-14)3-4-10(9)18-12(11)13(15)16/h5-7,9-10,17H,8H2,1-4H3;3-5,7,14H,6H2,1-2H3,(H,15,16). The smallest absolute Gasteiger partial charge is 0.352 e. The maximum absolute atomic E-state index is 12.2. The van der Waals surface area contributed by atoms with Gasteiger partial charge in [0.25, 0.3) is 0 Å². The summed E-state index contributed by atoms with van der Waals surface area (Å²) in [5.74, 6) is -0.413. The molecule has 0 bridgehead atoms. The Morgan fingerprint density at radius 1 is 0.718 bits per heavy atom. The van der Waals surface area contributed by atoms with E-state index < -0.39 is 5.97 Å². The molecule has 4 rings (SSSR count). The Kier molecular flexibility index (Phi) is 10.3. The molecule has 0 aliphatic heterocycles. The second-order valence-electron chi connectivity index (χ2n) is 9.59. The topological polar surface area (TPSA) is 123 Å². The Morgan fingerprint density at radius 3 is 1.54 bits per heavy atom. The van der Waals surface area contributed by atoms with Gasteiger partial charge < -0.3 is 29.5 Å². The first-order valence-electron chi connectivity index (χ1n) is 12.5. The highest BCUT2D eigenvalue weighted by atomic mass is 32.1. The molecule has 0 amide bonds. The van der Waals surface area contributed by atoms with E-state index in [2.05, 4.69) is 0 Å². The molecule has 0 spiro atoms. The summed E-state index contributed by atoms with van der Waals surface area (Å²) < 4.78 is 18.5. The molecule has 8 nitrogen and oxygen atoms in total. The van der Waals surface area contributed by atoms with E-state index in [0.29, 0.717) is 16.4 Å². The van der Waals surface area contributed by atoms with Gasteiger partial charge in [0.2, 0.25) is 0 Å². The molecule has 0 saturated carbocycles. The monoisotopic (exact) mass is 574 g/mol. The largest absolute Gasteiger partial charge is 0.489 e. The number of aliphatic hydroxyl groups excluding tert-OH is 2. The molecule has 0 fully saturated rings. The lowest BCUT2D eigenvalue weighted by Gasteiger charge is -2.12. The third-order valence-corrected chi connectivity index (χ3v) is 7.48. The van der Waals surface area contributed by atoms with Crippen LogP contribution in [0.25, 0.3) is 20.2 Å². The Labute approximate surface area is 235 Å². The molecule has 0 radical (unpaired) electrons. The van der Waals surface area contributed by atoms with Crippen molar-refractivity contribution in [1.82, 2.24) is 0 Å². The van der Waals surface area contributed by atoms with Crippen molar-refractivity contribution in [2.24, 2.45) is 0 Å². The normalized spacial score (nSPS) is 11.3. The summed E-state index contributed by atoms with van der Waals surface area (Å²) >= 11 is 2.54. The number of aromatic carboxylic acids is 1. The van der Waals surface area contributed by atoms with Crippen LogP contribution in [0, 0.1) is 0 Å². The Balaban J connectivity index is 0.000000218. The van der Waals surface area contributed by atoms with E-state index in [4.69, 9.17) is 19.3 Å². The number of carboxylic acid groups (broad SMARTS) is 1. The number of rotatable bonds is 9. The molecule has 0 unspecified atom stereocenters. The molecule has 4 aromatic rings. The van der Waals surface area contributed by atoms with Crippen LogP contribution in [0.3, 0.4) is 0 Å². The molecule has 0 aliphatic carbocycles. The van der Waals surface area contributed by atoms with Crippen LogP contribution in [0.5, 0.6) is 11.5 Å². The van der Waals surface area contributed by atoms with Crippen molar-refractivity contribution in [3.05, 3.63) is 57.3 Å². The second kappa shape index (κ2) is 13.3. The number of hydrogen-bond donors (Lipinski definition) is 3. The number of carbonyl (C=O) groups is 2. The van der Waals surface area contributed by atoms with E-state index in [-0.39, 0.29) is 42.4 Å². The van der Waals surface area contributed by atoms with E-state index in [1.807, 2.05) is 65.8 Å². The minimum Gasteiger partial charge on any atom is -0.489 e. The number of benzene rings is 2. The molecule has 2 heterocycles. The summed E-state index contributed by atoms with van der Waals surface area (Å²) in [5, 5.41) is 29.2. The van der Waals surface area contributed by atoms with Crippen LogP contribution in [-0.2, 0) is 18.0 Å². The van der Waals surface area contributed by atoms with Gasteiger partial charge in [-0.2, -0.15) is 0 Å². The fourth-order valence-corrected chi connectivity index (χ4v) is 5.64. The highest BCUT2D eigenvalue weighted by molar-refractivity contribution is 7.21. The number of ether oxygens (including phenoxy) is 3. The fourth-order valence-electron chi connectivity index (χ4n) is 3.69. The number of carbonyl (C=O) groups excluding carboxylic acids is 1. The van der Waals surface area contributed by atoms with Crippen molar-refractivity contribution < 1.29 is 39.1 Å². The van der Waals surface area contributed by atoms with Gasteiger partial charge in [0.05, 0.1) is 31.5 Å². The molecule has 0 saturated heterocycles. The maximum Gasteiger partial charge on any atom is 0.352 e. The van der Waals surface area contributed by atoms with Crippen LogP contribution < -0.4 is 9.47 Å². The first-order chi connectivity index (χ1) is 18.4. The molecular weight excluding hydrogens is 540 g/mol. The molecular formula is C29H34O8S2. The van der Waals surface area contributed by atoms with Crippen molar-refractivity contribution in [3.8, 4) is 11.5 Å². The molecule has 39 heavy (non-hydrogen) atoms. The highest BCUT2D eigenvalue weighted by Crippen LogP contribution is 2.40. The minimum absolute atomic E-state index is 0.0430. The quantitative estimate of drug-likeness (QED) is 0.191. The molecule has 3 N–H and O–H groups in total. The summed E-state index contributed by atoms with van der Waals surface area (Å²) in [7, 11) is 0. The van der Waals surface area contributed by atoms with Crippen LogP contribution in [0.15, 0.2) is 36.4 Å². The summed E-state index contributed by atoms with van der Waals surface area (Å²) in [6.45, 7) is 11.0. The number of fused-ring (bicyclic) bond motifs is 2. The van der Waals surface area contributed by atoms with E-state index in [1.54, 1.807) is 12.1 Å². The van der Waals surface area contributed by atoms with Gasteiger partial charge in [-0.15, -0.1) is 22.7 Å². The average molecular weight is 575 g/mol. The average Bonchev–Trinajstić information content (AvgIpc) is 3.41. The summed E-state index contributed by atoms with van der Waals surface area (Å²) in [4.78, 5) is 24.1. The van der Waals surface area contributed by atoms with Crippen molar-refractivity contribution >= 4 is 54.8 Å². The van der Waals surface area contributed by atoms with Gasteiger partial charge in [-0.05, 0) is 76.9 Å². The van der Waals surface area contributed by atoms with Crippen molar-refractivity contribution in [3.63, 3.8) is 0 Å². The molecule has 0 atom stereocenters. The molecule has 210 valence electrons. The fraction of sp³-hybridized carbons (Fsp3) is 0.379. The van der Waals surface area contributed by atoms with Gasteiger partial charge in [-0.1, -0.05) is 12.1 Å². The third-order valence-electron chi connectivity index (χ3n) is 5.21. The Bertz CT molecular complexity index is 1450. The number of thiophene rings is 2. The van der Waals surface area contributed by atoms with Crippen molar-refractivity contribution in [1.29, 1.82) is 0 Å². The summed E-state index contributed by atoms with van der Waals surface area (Å²) in [6, 6.07) is 11.0. The van der Waals surface area contributed by atoms with E-state index in [0.717, 1.165) is 31.3 Å². The predicted octanol–water partition coefficient (Wildman–Crippen LogP) is 6.63. The number of esters is 1. The second-order valence-corrected chi connectivity index (χ2v) is 11.7. The van der Waals surface area contributed by atoms with Gasteiger partial charge in [-0.3, -0.25) is 0 Å². The van der Waals surface area contributed by atoms with Crippen LogP contribution in [-0.4, -0.2) is 45.6 Å². The van der Waals surface area contributed by atoms with Crippen LogP contribution in [0.2, 0.25) is 0 Å². The first-order valence-corrected chi connectivity index (χ1v) is 14.2. The van der Waals surface area contributed by atoms with E-state index >= 15 is 0 Å². The zero-order valence-corrected chi connectivity index (χ0v) is 24.4. The third kappa shape index (κ3) is 7.48. The Morgan fingerprint density at radius 2 is 1.15 bits per heavy atom. The lowest BCUT2D eigenvalue weighted by Crippen LogP contribution is -2.13. The summed E-state index contributed by atoms with van der Waals surface area (Å²) in [5.41, 5.74) is 1.53. The highest BCUT2D eigenvalue weighted by Gasteiger charge is 2.23. The number of hydrogen-bond acceptors (Lipinski definition) is 9. The molecule has 2 aromatic heterocycles. The maximum atomic E-state index is 12.2. The van der Waals surface area contributed by atoms with Crippen LogP contribution in [0.4, 0.5) is 0 Å². The SMILES string of the molecule is CC(C)OC(=O)c1sc2ccc(CO)cc2c1OC(C)C.CC(C)Oc1c(C(=O)O)sc2ccc(CO)cc12. The predicted molar refractivity (Wildman–Crippen MR) is 155 cm³/mol. The Hall–Kier alpha value is -3.18. The van der Waals surface area contributed by atoms with Crippen LogP contribution >= 0.6 is 22.7 Å². The minimum atomic E-state index is -0.989. The number of carboxylic acids is 1. The van der Waals surface area contributed by atoms with Crippen molar-refractivity contribution in [2.45, 2.75) is 73.1 Å². The number of aliphatic hydroxyl groups is 2. The van der Waals surface area contributed by atoms with E-state index in [9.17, 15) is 19.8 Å². The first kappa shape index (κ1) is 30.4. The van der Waals surface area contributed by atoms with Gasteiger partial charge >= 0.3 is 11.9 Å². The zero-order chi connectivity index (χ0) is 28.9. The molecule has 2 aromatic carbocycles. The van der Waals surface area contributed by atoms with Gasteiger partial charge in [-0.25, -0.2) is 9.59 Å². The zero-order valence-electron chi connectivity index (χ0n) is 22.8. The lowest BCUT2D eigenvalue weighted by atomic mass is 10.1. The van der Waals surface area contributed by atoms with Gasteiger partial charge in [0, 0.05) is 20.2 Å². The lowest BCUT2D eigenvalue weighted by molar-refractivity contribution is 0.0378. The van der Waals surface area contributed by atoms with E-state index in [1.165, 1.54) is 22.7 Å². The van der Waals surface area contributed by atoms with Gasteiger partial charge in [0.15, 0.2) is 21.3 Å². The van der Waals surface area contributed by atoms with Crippen LogP contribution in [0.1, 0.15) is 72.0 Å². The molecule has 10 heteroatoms. The van der Waals surface area contributed by atoms with Crippen molar-refractivity contribution in [2.75, 3.05) is 0 Å². The summed E-state index contributed by atoms with van der Waals surface area (Å²) in [6.07, 6.45) is -0.326. The molecule has 0 aliphatic rings. The van der Waals surface area contributed by atoms with Gasteiger partial charge in [0.1, 0.15) is 0 Å².